The largest absolute Gasteiger partial charge is 0.418 e. The fourth-order valence-corrected chi connectivity index (χ4v) is 4.33. The molecule has 0 aliphatic heterocycles. The summed E-state index contributed by atoms with van der Waals surface area (Å²) < 4.78 is 66.7. The van der Waals surface area contributed by atoms with Crippen LogP contribution in [0.15, 0.2) is 78.0 Å². The van der Waals surface area contributed by atoms with Crippen molar-refractivity contribution in [3.63, 3.8) is 0 Å². The maximum atomic E-state index is 13.2. The molecule has 0 unspecified atom stereocenters. The number of halogens is 4. The molecule has 0 atom stereocenters. The van der Waals surface area contributed by atoms with Gasteiger partial charge in [-0.3, -0.25) is 9.78 Å². The molecule has 6 nitrogen and oxygen atoms in total. The summed E-state index contributed by atoms with van der Waals surface area (Å²) in [6.07, 6.45) is -2.17. The fourth-order valence-electron chi connectivity index (χ4n) is 2.86. The van der Waals surface area contributed by atoms with Crippen molar-refractivity contribution in [3.05, 3.63) is 89.2 Å². The first kappa shape index (κ1) is 23.7. The number of alkyl halides is 3. The van der Waals surface area contributed by atoms with Gasteiger partial charge in [0.2, 0.25) is 15.9 Å². The molecule has 1 heterocycles. The Morgan fingerprint density at radius 3 is 2.34 bits per heavy atom. The van der Waals surface area contributed by atoms with Crippen LogP contribution in [0.4, 0.5) is 18.9 Å². The molecule has 0 fully saturated rings. The molecule has 3 aromatic rings. The molecule has 0 saturated carbocycles. The second-order valence-electron chi connectivity index (χ2n) is 6.68. The smallest absolute Gasteiger partial charge is 0.324 e. The summed E-state index contributed by atoms with van der Waals surface area (Å²) in [7, 11) is -4.18. The van der Waals surface area contributed by atoms with Crippen molar-refractivity contribution in [2.45, 2.75) is 17.6 Å². The lowest BCUT2D eigenvalue weighted by Gasteiger charge is -2.22. The average Bonchev–Trinajstić information content (AvgIpc) is 2.75. The van der Waals surface area contributed by atoms with Crippen LogP contribution >= 0.6 is 11.6 Å². The molecule has 11 heteroatoms. The van der Waals surface area contributed by atoms with Gasteiger partial charge in [-0.05, 0) is 42.0 Å². The molecular formula is C21H17ClF3N3O3S. The summed E-state index contributed by atoms with van der Waals surface area (Å²) in [4.78, 5) is 16.2. The highest BCUT2D eigenvalue weighted by atomic mass is 35.5. The van der Waals surface area contributed by atoms with Gasteiger partial charge in [-0.2, -0.15) is 17.5 Å². The summed E-state index contributed by atoms with van der Waals surface area (Å²) in [6.45, 7) is -0.922. The van der Waals surface area contributed by atoms with Crippen molar-refractivity contribution in [2.24, 2.45) is 0 Å². The molecule has 1 amide bonds. The molecule has 1 aromatic heterocycles. The number of hydrogen-bond donors (Lipinski definition) is 1. The number of para-hydroxylation sites is 1. The molecule has 0 aliphatic rings. The predicted molar refractivity (Wildman–Crippen MR) is 113 cm³/mol. The third kappa shape index (κ3) is 5.84. The quantitative estimate of drug-likeness (QED) is 0.533. The summed E-state index contributed by atoms with van der Waals surface area (Å²) in [5, 5.41) is 2.61. The first-order valence-electron chi connectivity index (χ1n) is 9.18. The monoisotopic (exact) mass is 483 g/mol. The molecule has 0 saturated heterocycles. The maximum Gasteiger partial charge on any atom is 0.418 e. The van der Waals surface area contributed by atoms with E-state index in [4.69, 9.17) is 11.6 Å². The van der Waals surface area contributed by atoms with Crippen molar-refractivity contribution in [1.29, 1.82) is 0 Å². The summed E-state index contributed by atoms with van der Waals surface area (Å²) in [5.74, 6) is -0.928. The Hall–Kier alpha value is -2.95. The Bertz CT molecular complexity index is 1190. The highest BCUT2D eigenvalue weighted by Gasteiger charge is 2.34. The number of carbonyl (C=O) groups excluding carboxylic acids is 1. The molecule has 32 heavy (non-hydrogen) atoms. The topological polar surface area (TPSA) is 79.4 Å². The van der Waals surface area contributed by atoms with Crippen LogP contribution in [0, 0.1) is 0 Å². The van der Waals surface area contributed by atoms with E-state index in [9.17, 15) is 26.4 Å². The van der Waals surface area contributed by atoms with E-state index in [2.05, 4.69) is 10.3 Å². The van der Waals surface area contributed by atoms with Crippen molar-refractivity contribution in [1.82, 2.24) is 9.29 Å². The van der Waals surface area contributed by atoms with Crippen molar-refractivity contribution in [3.8, 4) is 0 Å². The zero-order valence-electron chi connectivity index (χ0n) is 16.4. The van der Waals surface area contributed by atoms with E-state index < -0.39 is 39.9 Å². The van der Waals surface area contributed by atoms with Gasteiger partial charge in [-0.15, -0.1) is 0 Å². The molecule has 3 rings (SSSR count). The lowest BCUT2D eigenvalue weighted by Crippen LogP contribution is -2.37. The first-order chi connectivity index (χ1) is 15.1. The van der Waals surface area contributed by atoms with Gasteiger partial charge >= 0.3 is 6.18 Å². The number of pyridine rings is 1. The van der Waals surface area contributed by atoms with Crippen LogP contribution in [0.1, 0.15) is 11.1 Å². The molecule has 1 N–H and O–H groups in total. The first-order valence-corrected chi connectivity index (χ1v) is 11.0. The molecule has 168 valence electrons. The number of sulfonamides is 1. The van der Waals surface area contributed by atoms with E-state index >= 15 is 0 Å². The Kier molecular flexibility index (Phi) is 7.17. The number of nitrogens with zero attached hydrogens (tertiary/aromatic N) is 2. The third-order valence-corrected chi connectivity index (χ3v) is 6.40. The Morgan fingerprint density at radius 2 is 1.72 bits per heavy atom. The van der Waals surface area contributed by atoms with E-state index in [1.165, 1.54) is 30.5 Å². The van der Waals surface area contributed by atoms with Gasteiger partial charge in [0.05, 0.1) is 17.8 Å². The third-order valence-electron chi connectivity index (χ3n) is 4.37. The number of rotatable bonds is 7. The van der Waals surface area contributed by atoms with Crippen LogP contribution in [0.25, 0.3) is 0 Å². The van der Waals surface area contributed by atoms with Gasteiger partial charge < -0.3 is 5.32 Å². The molecule has 0 bridgehead atoms. The van der Waals surface area contributed by atoms with Crippen LogP contribution in [0.5, 0.6) is 0 Å². The van der Waals surface area contributed by atoms with E-state index in [1.807, 2.05) is 0 Å². The zero-order valence-corrected chi connectivity index (χ0v) is 18.0. The van der Waals surface area contributed by atoms with Gasteiger partial charge in [0.15, 0.2) is 0 Å². The second kappa shape index (κ2) is 9.68. The number of benzene rings is 2. The average molecular weight is 484 g/mol. The Balaban J connectivity index is 1.89. The SMILES string of the molecule is O=C(CN(Cc1ccc(Cl)cc1)S(=O)(=O)c1cccnc1)Nc1ccccc1C(F)(F)F. The lowest BCUT2D eigenvalue weighted by atomic mass is 10.1. The fraction of sp³-hybridized carbons (Fsp3) is 0.143. The van der Waals surface area contributed by atoms with E-state index in [1.54, 1.807) is 24.3 Å². The van der Waals surface area contributed by atoms with Gasteiger partial charge in [-0.25, -0.2) is 8.42 Å². The minimum Gasteiger partial charge on any atom is -0.324 e. The normalized spacial score (nSPS) is 12.0. The summed E-state index contributed by atoms with van der Waals surface area (Å²) in [5.41, 5.74) is -0.965. The van der Waals surface area contributed by atoms with Gasteiger partial charge in [0, 0.05) is 24.0 Å². The minimum absolute atomic E-state index is 0.155. The minimum atomic E-state index is -4.69. The lowest BCUT2D eigenvalue weighted by molar-refractivity contribution is -0.137. The summed E-state index contributed by atoms with van der Waals surface area (Å²) in [6, 6.07) is 13.5. The van der Waals surface area contributed by atoms with Gasteiger partial charge in [0.25, 0.3) is 0 Å². The maximum absolute atomic E-state index is 13.2. The standard InChI is InChI=1S/C21H17ClF3N3O3S/c22-16-9-7-15(8-10-16)13-28(32(30,31)17-4-3-11-26-12-17)14-20(29)27-19-6-2-1-5-18(19)21(23,24)25/h1-12H,13-14H2,(H,27,29). The van der Waals surface area contributed by atoms with Crippen molar-refractivity contribution >= 4 is 33.2 Å². The number of anilines is 1. The van der Waals surface area contributed by atoms with E-state index in [0.29, 0.717) is 10.6 Å². The van der Waals surface area contributed by atoms with Crippen molar-refractivity contribution < 1.29 is 26.4 Å². The molecule has 0 radical (unpaired) electrons. The van der Waals surface area contributed by atoms with Gasteiger partial charge in [-0.1, -0.05) is 35.9 Å². The number of nitrogens with one attached hydrogen (secondary N) is 1. The molecular weight excluding hydrogens is 467 g/mol. The molecule has 2 aromatic carbocycles. The predicted octanol–water partition coefficient (Wildman–Crippen LogP) is 4.58. The Labute approximate surface area is 187 Å². The van der Waals surface area contributed by atoms with Gasteiger partial charge in [0.1, 0.15) is 4.90 Å². The molecule has 0 aliphatic carbocycles. The Morgan fingerprint density at radius 1 is 1.03 bits per heavy atom. The number of aromatic nitrogens is 1. The number of carbonyl (C=O) groups is 1. The highest BCUT2D eigenvalue weighted by molar-refractivity contribution is 7.89. The number of hydrogen-bond acceptors (Lipinski definition) is 4. The highest BCUT2D eigenvalue weighted by Crippen LogP contribution is 2.34. The van der Waals surface area contributed by atoms with E-state index in [-0.39, 0.29) is 11.4 Å². The van der Waals surface area contributed by atoms with Crippen LogP contribution < -0.4 is 5.32 Å². The van der Waals surface area contributed by atoms with Crippen LogP contribution in [-0.2, 0) is 27.5 Å². The van der Waals surface area contributed by atoms with Crippen LogP contribution in [0.3, 0.4) is 0 Å². The second-order valence-corrected chi connectivity index (χ2v) is 9.05. The zero-order chi connectivity index (χ0) is 23.4. The van der Waals surface area contributed by atoms with E-state index in [0.717, 1.165) is 22.6 Å². The van der Waals surface area contributed by atoms with Crippen LogP contribution in [0.2, 0.25) is 5.02 Å². The summed E-state index contributed by atoms with van der Waals surface area (Å²) >= 11 is 5.86. The van der Waals surface area contributed by atoms with Crippen LogP contribution in [-0.4, -0.2) is 30.2 Å². The number of amides is 1. The molecule has 0 spiro atoms. The van der Waals surface area contributed by atoms with Crippen molar-refractivity contribution in [2.75, 3.05) is 11.9 Å².